The summed E-state index contributed by atoms with van der Waals surface area (Å²) < 4.78 is 4.48. The van der Waals surface area contributed by atoms with E-state index in [1.807, 2.05) is 0 Å². The number of nitrogens with one attached hydrogen (secondary N) is 2. The van der Waals surface area contributed by atoms with Crippen molar-refractivity contribution in [3.63, 3.8) is 0 Å². The number of ether oxygens (including phenoxy) is 1. The molecule has 6 heteroatoms. The lowest BCUT2D eigenvalue weighted by molar-refractivity contribution is -0.141. The molecule has 0 heterocycles. The first kappa shape index (κ1) is 17.7. The predicted octanol–water partition coefficient (Wildman–Crippen LogP) is 2.11. The van der Waals surface area contributed by atoms with E-state index in [0.29, 0.717) is 17.8 Å². The highest BCUT2D eigenvalue weighted by Gasteiger charge is 2.09. The Morgan fingerprint density at radius 1 is 1.18 bits per heavy atom. The number of hydrogen-bond acceptors (Lipinski definition) is 4. The van der Waals surface area contributed by atoms with Crippen LogP contribution < -0.4 is 10.6 Å². The molecule has 0 saturated carbocycles. The van der Waals surface area contributed by atoms with Crippen LogP contribution in [0.5, 0.6) is 0 Å². The number of amides is 2. The number of hydrogen-bond donors (Lipinski definition) is 2. The largest absolute Gasteiger partial charge is 0.469 e. The van der Waals surface area contributed by atoms with Gasteiger partial charge in [-0.05, 0) is 24.6 Å². The number of benzene rings is 1. The van der Waals surface area contributed by atoms with Gasteiger partial charge in [-0.1, -0.05) is 19.4 Å². The molecule has 1 aromatic rings. The fourth-order valence-electron chi connectivity index (χ4n) is 1.76. The molecule has 0 aliphatic rings. The summed E-state index contributed by atoms with van der Waals surface area (Å²) in [4.78, 5) is 34.6. The van der Waals surface area contributed by atoms with Gasteiger partial charge in [-0.15, -0.1) is 0 Å². The molecule has 0 atom stereocenters. The highest BCUT2D eigenvalue weighted by atomic mass is 16.5. The molecule has 2 amide bonds. The highest BCUT2D eigenvalue weighted by molar-refractivity contribution is 5.97. The molecule has 6 nitrogen and oxygen atoms in total. The van der Waals surface area contributed by atoms with Crippen molar-refractivity contribution in [1.29, 1.82) is 0 Å². The fraction of sp³-hybridized carbons (Fsp3) is 0.438. The molecule has 1 aromatic carbocycles. The minimum absolute atomic E-state index is 0.0273. The zero-order chi connectivity index (χ0) is 16.4. The Bertz CT molecular complexity index is 529. The first-order valence-corrected chi connectivity index (χ1v) is 7.31. The molecule has 1 rings (SSSR count). The lowest BCUT2D eigenvalue weighted by Crippen LogP contribution is -2.24. The molecular formula is C16H22N2O4. The van der Waals surface area contributed by atoms with Gasteiger partial charge in [-0.25, -0.2) is 0 Å². The van der Waals surface area contributed by atoms with Crippen LogP contribution in [0, 0.1) is 0 Å². The predicted molar refractivity (Wildman–Crippen MR) is 83.6 cm³/mol. The average Bonchev–Trinajstić information content (AvgIpc) is 2.53. The summed E-state index contributed by atoms with van der Waals surface area (Å²) >= 11 is 0. The van der Waals surface area contributed by atoms with Crippen LogP contribution in [0.4, 0.5) is 5.69 Å². The van der Waals surface area contributed by atoms with Crippen molar-refractivity contribution in [2.24, 2.45) is 0 Å². The molecule has 0 aliphatic heterocycles. The van der Waals surface area contributed by atoms with Crippen molar-refractivity contribution in [1.82, 2.24) is 5.32 Å². The van der Waals surface area contributed by atoms with Crippen molar-refractivity contribution in [2.75, 3.05) is 19.0 Å². The van der Waals surface area contributed by atoms with Gasteiger partial charge in [0, 0.05) is 24.2 Å². The molecular weight excluding hydrogens is 284 g/mol. The van der Waals surface area contributed by atoms with Gasteiger partial charge in [0.25, 0.3) is 5.91 Å². The lowest BCUT2D eigenvalue weighted by atomic mass is 10.1. The normalized spacial score (nSPS) is 9.91. The Morgan fingerprint density at radius 2 is 1.95 bits per heavy atom. The molecule has 22 heavy (non-hydrogen) atoms. The molecule has 0 aromatic heterocycles. The first-order chi connectivity index (χ1) is 10.6. The van der Waals surface area contributed by atoms with Gasteiger partial charge in [0.1, 0.15) is 0 Å². The molecule has 0 radical (unpaired) electrons. The van der Waals surface area contributed by atoms with Crippen molar-refractivity contribution in [3.05, 3.63) is 29.8 Å². The van der Waals surface area contributed by atoms with Crippen molar-refractivity contribution >= 4 is 23.5 Å². The van der Waals surface area contributed by atoms with E-state index >= 15 is 0 Å². The zero-order valence-electron chi connectivity index (χ0n) is 13.0. The molecule has 0 saturated heterocycles. The third kappa shape index (κ3) is 6.39. The lowest BCUT2D eigenvalue weighted by Gasteiger charge is -2.08. The minimum Gasteiger partial charge on any atom is -0.469 e. The van der Waals surface area contributed by atoms with Crippen LogP contribution in [0.15, 0.2) is 24.3 Å². The minimum atomic E-state index is -0.431. The van der Waals surface area contributed by atoms with Gasteiger partial charge in [0.15, 0.2) is 0 Å². The standard InChI is InChI=1S/C16H22N2O4/c1-3-4-10-17-16(21)12-6-5-7-13(11-12)18-14(19)8-9-15(20)22-2/h5-7,11H,3-4,8-10H2,1-2H3,(H,17,21)(H,18,19). The second kappa shape index (κ2) is 9.55. The summed E-state index contributed by atoms with van der Waals surface area (Å²) in [6.45, 7) is 2.68. The van der Waals surface area contributed by atoms with E-state index in [1.54, 1.807) is 24.3 Å². The van der Waals surface area contributed by atoms with Crippen LogP contribution >= 0.6 is 0 Å². The van der Waals surface area contributed by atoms with E-state index in [4.69, 9.17) is 0 Å². The average molecular weight is 306 g/mol. The number of anilines is 1. The van der Waals surface area contributed by atoms with Crippen LogP contribution in [0.25, 0.3) is 0 Å². The Balaban J connectivity index is 2.54. The first-order valence-electron chi connectivity index (χ1n) is 7.31. The number of methoxy groups -OCH3 is 1. The van der Waals surface area contributed by atoms with E-state index in [1.165, 1.54) is 7.11 Å². The van der Waals surface area contributed by atoms with E-state index in [2.05, 4.69) is 22.3 Å². The van der Waals surface area contributed by atoms with Crippen LogP contribution in [-0.4, -0.2) is 31.4 Å². The molecule has 0 unspecified atom stereocenters. The number of carbonyl (C=O) groups excluding carboxylic acids is 3. The smallest absolute Gasteiger partial charge is 0.306 e. The van der Waals surface area contributed by atoms with Crippen LogP contribution in [0.2, 0.25) is 0 Å². The molecule has 0 fully saturated rings. The summed E-state index contributed by atoms with van der Waals surface area (Å²) in [5.74, 6) is -0.896. The maximum Gasteiger partial charge on any atom is 0.306 e. The van der Waals surface area contributed by atoms with Crippen molar-refractivity contribution in [3.8, 4) is 0 Å². The molecule has 0 bridgehead atoms. The van der Waals surface area contributed by atoms with E-state index in [0.717, 1.165) is 12.8 Å². The maximum atomic E-state index is 11.9. The van der Waals surface area contributed by atoms with Crippen molar-refractivity contribution < 1.29 is 19.1 Å². The number of unbranched alkanes of at least 4 members (excludes halogenated alkanes) is 1. The van der Waals surface area contributed by atoms with Crippen LogP contribution in [-0.2, 0) is 14.3 Å². The Hall–Kier alpha value is -2.37. The monoisotopic (exact) mass is 306 g/mol. The molecule has 120 valence electrons. The summed E-state index contributed by atoms with van der Waals surface area (Å²) in [5, 5.41) is 5.47. The van der Waals surface area contributed by atoms with Gasteiger partial charge >= 0.3 is 5.97 Å². The molecule has 0 aliphatic carbocycles. The SMILES string of the molecule is CCCCNC(=O)c1cccc(NC(=O)CCC(=O)OC)c1. The third-order valence-corrected chi connectivity index (χ3v) is 3.01. The summed E-state index contributed by atoms with van der Waals surface area (Å²) in [5.41, 5.74) is 1.01. The highest BCUT2D eigenvalue weighted by Crippen LogP contribution is 2.11. The number of rotatable bonds is 8. The van der Waals surface area contributed by atoms with E-state index in [-0.39, 0.29) is 24.7 Å². The van der Waals surface area contributed by atoms with Gasteiger partial charge in [-0.2, -0.15) is 0 Å². The van der Waals surface area contributed by atoms with Gasteiger partial charge < -0.3 is 15.4 Å². The zero-order valence-corrected chi connectivity index (χ0v) is 13.0. The Morgan fingerprint density at radius 3 is 2.64 bits per heavy atom. The second-order valence-corrected chi connectivity index (χ2v) is 4.81. The maximum absolute atomic E-state index is 11.9. The Kier molecular flexibility index (Phi) is 7.67. The topological polar surface area (TPSA) is 84.5 Å². The van der Waals surface area contributed by atoms with Crippen LogP contribution in [0.3, 0.4) is 0 Å². The van der Waals surface area contributed by atoms with E-state index in [9.17, 15) is 14.4 Å². The summed E-state index contributed by atoms with van der Waals surface area (Å²) in [7, 11) is 1.28. The van der Waals surface area contributed by atoms with E-state index < -0.39 is 5.97 Å². The van der Waals surface area contributed by atoms with Gasteiger partial charge in [-0.3, -0.25) is 14.4 Å². The Labute approximate surface area is 130 Å². The molecule has 0 spiro atoms. The van der Waals surface area contributed by atoms with Gasteiger partial charge in [0.2, 0.25) is 5.91 Å². The number of carbonyl (C=O) groups is 3. The fourth-order valence-corrected chi connectivity index (χ4v) is 1.76. The molecule has 2 N–H and O–H groups in total. The summed E-state index contributed by atoms with van der Waals surface area (Å²) in [6.07, 6.45) is 2.01. The summed E-state index contributed by atoms with van der Waals surface area (Å²) in [6, 6.07) is 6.69. The van der Waals surface area contributed by atoms with Crippen molar-refractivity contribution in [2.45, 2.75) is 32.6 Å². The van der Waals surface area contributed by atoms with Gasteiger partial charge in [0.05, 0.1) is 13.5 Å². The quantitative estimate of drug-likeness (QED) is 0.569. The number of esters is 1. The third-order valence-electron chi connectivity index (χ3n) is 3.01. The second-order valence-electron chi connectivity index (χ2n) is 4.81. The van der Waals surface area contributed by atoms with Crippen LogP contribution in [0.1, 0.15) is 43.0 Å².